The zero-order chi connectivity index (χ0) is 12.7. The van der Waals surface area contributed by atoms with Crippen molar-refractivity contribution in [3.63, 3.8) is 0 Å². The molecule has 0 spiro atoms. The Morgan fingerprint density at radius 2 is 2.29 bits per heavy atom. The first kappa shape index (κ1) is 14.9. The van der Waals surface area contributed by atoms with Crippen LogP contribution in [0.1, 0.15) is 26.7 Å². The van der Waals surface area contributed by atoms with Crippen LogP contribution >= 0.6 is 0 Å². The first-order valence-corrected chi connectivity index (χ1v) is 6.79. The van der Waals surface area contributed by atoms with E-state index in [1.165, 1.54) is 25.9 Å². The van der Waals surface area contributed by atoms with Crippen molar-refractivity contribution in [1.82, 2.24) is 10.2 Å². The summed E-state index contributed by atoms with van der Waals surface area (Å²) in [5, 5.41) is 12.7. The minimum Gasteiger partial charge on any atom is -0.395 e. The van der Waals surface area contributed by atoms with Crippen LogP contribution in [0.4, 0.5) is 0 Å². The largest absolute Gasteiger partial charge is 0.395 e. The van der Waals surface area contributed by atoms with E-state index in [2.05, 4.69) is 24.1 Å². The van der Waals surface area contributed by atoms with Gasteiger partial charge in [0.15, 0.2) is 0 Å². The number of ether oxygens (including phenoxy) is 1. The Balaban J connectivity index is 2.37. The second-order valence-corrected chi connectivity index (χ2v) is 5.09. The summed E-state index contributed by atoms with van der Waals surface area (Å²) >= 11 is 0. The molecule has 0 amide bonds. The van der Waals surface area contributed by atoms with Gasteiger partial charge in [-0.25, -0.2) is 0 Å². The van der Waals surface area contributed by atoms with E-state index >= 15 is 0 Å². The molecule has 0 aromatic heterocycles. The van der Waals surface area contributed by atoms with Crippen molar-refractivity contribution in [1.29, 1.82) is 0 Å². The van der Waals surface area contributed by atoms with Gasteiger partial charge in [-0.15, -0.1) is 0 Å². The predicted molar refractivity (Wildman–Crippen MR) is 70.2 cm³/mol. The van der Waals surface area contributed by atoms with Crippen LogP contribution in [0, 0.1) is 5.92 Å². The molecule has 2 N–H and O–H groups in total. The number of methoxy groups -OCH3 is 1. The van der Waals surface area contributed by atoms with E-state index in [4.69, 9.17) is 4.74 Å². The minimum atomic E-state index is 0.0620. The third kappa shape index (κ3) is 4.92. The van der Waals surface area contributed by atoms with Crippen molar-refractivity contribution in [2.24, 2.45) is 5.92 Å². The highest BCUT2D eigenvalue weighted by Crippen LogP contribution is 2.19. The van der Waals surface area contributed by atoms with Gasteiger partial charge in [0.1, 0.15) is 0 Å². The Kier molecular flexibility index (Phi) is 7.04. The van der Waals surface area contributed by atoms with Gasteiger partial charge >= 0.3 is 0 Å². The van der Waals surface area contributed by atoms with Crippen LogP contribution in [0.25, 0.3) is 0 Å². The number of hydrogen-bond donors (Lipinski definition) is 2. The van der Waals surface area contributed by atoms with Gasteiger partial charge in [-0.05, 0) is 38.8 Å². The Morgan fingerprint density at radius 1 is 1.53 bits per heavy atom. The Hall–Kier alpha value is -0.160. The van der Waals surface area contributed by atoms with E-state index in [1.807, 2.05) is 0 Å². The molecule has 1 aliphatic rings. The van der Waals surface area contributed by atoms with Gasteiger partial charge in [0, 0.05) is 19.7 Å². The molecule has 4 nitrogen and oxygen atoms in total. The fraction of sp³-hybridized carbons (Fsp3) is 1.00. The van der Waals surface area contributed by atoms with E-state index in [-0.39, 0.29) is 12.6 Å². The van der Waals surface area contributed by atoms with Crippen molar-refractivity contribution in [3.8, 4) is 0 Å². The minimum absolute atomic E-state index is 0.0620. The van der Waals surface area contributed by atoms with Gasteiger partial charge in [0.2, 0.25) is 0 Å². The second-order valence-electron chi connectivity index (χ2n) is 5.09. The molecule has 1 fully saturated rings. The number of hydrogen-bond acceptors (Lipinski definition) is 4. The van der Waals surface area contributed by atoms with Gasteiger partial charge in [-0.2, -0.15) is 0 Å². The fourth-order valence-electron chi connectivity index (χ4n) is 2.65. The Morgan fingerprint density at radius 3 is 2.88 bits per heavy atom. The molecule has 1 aliphatic heterocycles. The van der Waals surface area contributed by atoms with Crippen molar-refractivity contribution >= 4 is 0 Å². The molecular formula is C13H28N2O2. The molecular weight excluding hydrogens is 216 g/mol. The van der Waals surface area contributed by atoms with Crippen LogP contribution in [0.3, 0.4) is 0 Å². The molecule has 0 saturated carbocycles. The molecule has 17 heavy (non-hydrogen) atoms. The van der Waals surface area contributed by atoms with Gasteiger partial charge in [0.05, 0.1) is 19.3 Å². The van der Waals surface area contributed by atoms with Crippen LogP contribution in [-0.4, -0.2) is 62.0 Å². The topological polar surface area (TPSA) is 44.7 Å². The number of aliphatic hydroxyl groups is 1. The Labute approximate surface area is 105 Å². The molecule has 0 bridgehead atoms. The van der Waals surface area contributed by atoms with E-state index in [1.54, 1.807) is 7.11 Å². The highest BCUT2D eigenvalue weighted by molar-refractivity contribution is 4.82. The summed E-state index contributed by atoms with van der Waals surface area (Å²) in [6, 6.07) is 0.503. The molecule has 102 valence electrons. The number of piperidine rings is 1. The van der Waals surface area contributed by atoms with Crippen molar-refractivity contribution in [2.45, 2.75) is 38.8 Å². The molecule has 0 aromatic carbocycles. The zero-order valence-electron chi connectivity index (χ0n) is 11.5. The summed E-state index contributed by atoms with van der Waals surface area (Å²) in [7, 11) is 1.68. The van der Waals surface area contributed by atoms with Crippen molar-refractivity contribution < 1.29 is 9.84 Å². The average molecular weight is 244 g/mol. The van der Waals surface area contributed by atoms with Gasteiger partial charge in [-0.1, -0.05) is 6.92 Å². The van der Waals surface area contributed by atoms with E-state index in [0.717, 1.165) is 6.54 Å². The van der Waals surface area contributed by atoms with E-state index < -0.39 is 0 Å². The lowest BCUT2D eigenvalue weighted by molar-refractivity contribution is 0.103. The lowest BCUT2D eigenvalue weighted by Gasteiger charge is -2.36. The summed E-state index contributed by atoms with van der Waals surface area (Å²) in [6.07, 6.45) is 2.58. The van der Waals surface area contributed by atoms with Crippen LogP contribution in [-0.2, 0) is 4.74 Å². The second kappa shape index (κ2) is 8.03. The quantitative estimate of drug-likeness (QED) is 0.692. The normalized spacial score (nSPS) is 25.8. The summed E-state index contributed by atoms with van der Waals surface area (Å²) < 4.78 is 5.09. The number of aliphatic hydroxyl groups excluding tert-OH is 1. The lowest BCUT2D eigenvalue weighted by Crippen LogP contribution is -2.49. The average Bonchev–Trinajstić information content (AvgIpc) is 2.38. The van der Waals surface area contributed by atoms with Crippen LogP contribution in [0.5, 0.6) is 0 Å². The molecule has 0 radical (unpaired) electrons. The molecule has 3 unspecified atom stereocenters. The maximum absolute atomic E-state index is 9.25. The summed E-state index contributed by atoms with van der Waals surface area (Å²) in [5.74, 6) is 0.689. The summed E-state index contributed by atoms with van der Waals surface area (Å²) in [5.41, 5.74) is 0. The fourth-order valence-corrected chi connectivity index (χ4v) is 2.65. The molecule has 3 atom stereocenters. The van der Waals surface area contributed by atoms with Crippen LogP contribution in [0.2, 0.25) is 0 Å². The highest BCUT2D eigenvalue weighted by Gasteiger charge is 2.25. The number of nitrogens with one attached hydrogen (secondary N) is 1. The third-order valence-corrected chi connectivity index (χ3v) is 3.78. The number of rotatable bonds is 7. The summed E-state index contributed by atoms with van der Waals surface area (Å²) in [6.45, 7) is 8.72. The predicted octanol–water partition coefficient (Wildman–Crippen LogP) is 0.704. The standard InChI is InChI=1S/C13H28N2O2/c1-4-15-7-5-6-12(8-15)11(2)14-13(9-16)10-17-3/h11-14,16H,4-10H2,1-3H3. The molecule has 0 aliphatic carbocycles. The van der Waals surface area contributed by atoms with Crippen molar-refractivity contribution in [2.75, 3.05) is 40.0 Å². The first-order chi connectivity index (χ1) is 8.21. The number of nitrogens with zero attached hydrogens (tertiary/aromatic N) is 1. The molecule has 1 rings (SSSR count). The summed E-state index contributed by atoms with van der Waals surface area (Å²) in [4.78, 5) is 2.51. The van der Waals surface area contributed by atoms with E-state index in [9.17, 15) is 5.11 Å². The maximum atomic E-state index is 9.25. The smallest absolute Gasteiger partial charge is 0.0638 e. The van der Waals surface area contributed by atoms with Crippen LogP contribution in [0.15, 0.2) is 0 Å². The first-order valence-electron chi connectivity index (χ1n) is 6.79. The molecule has 1 saturated heterocycles. The number of likely N-dealkylation sites (tertiary alicyclic amines) is 1. The highest BCUT2D eigenvalue weighted by atomic mass is 16.5. The maximum Gasteiger partial charge on any atom is 0.0638 e. The van der Waals surface area contributed by atoms with Crippen molar-refractivity contribution in [3.05, 3.63) is 0 Å². The third-order valence-electron chi connectivity index (χ3n) is 3.78. The zero-order valence-corrected chi connectivity index (χ0v) is 11.5. The van der Waals surface area contributed by atoms with Crippen LogP contribution < -0.4 is 5.32 Å². The lowest BCUT2D eigenvalue weighted by atomic mass is 9.91. The SMILES string of the molecule is CCN1CCCC(C(C)NC(CO)COC)C1. The molecule has 4 heteroatoms. The monoisotopic (exact) mass is 244 g/mol. The van der Waals surface area contributed by atoms with E-state index in [0.29, 0.717) is 18.6 Å². The molecule has 0 aromatic rings. The van der Waals surface area contributed by atoms with Gasteiger partial charge in [-0.3, -0.25) is 0 Å². The van der Waals surface area contributed by atoms with Gasteiger partial charge < -0.3 is 20.1 Å². The Bertz CT molecular complexity index is 202. The molecule has 1 heterocycles. The van der Waals surface area contributed by atoms with Gasteiger partial charge in [0.25, 0.3) is 0 Å².